The summed E-state index contributed by atoms with van der Waals surface area (Å²) < 4.78 is 24.5. The first-order valence-electron chi connectivity index (χ1n) is 13.7. The van der Waals surface area contributed by atoms with Gasteiger partial charge in [0.25, 0.3) is 0 Å². The molecule has 0 aliphatic carbocycles. The van der Waals surface area contributed by atoms with Crippen LogP contribution < -0.4 is 0 Å². The Morgan fingerprint density at radius 2 is 0.878 bits per heavy atom. The summed E-state index contributed by atoms with van der Waals surface area (Å²) in [5, 5.41) is 0. The number of carbonyl (C=O) groups excluding carboxylic acids is 2. The maximum Gasteiger partial charge on any atom is 0.189 e. The lowest BCUT2D eigenvalue weighted by atomic mass is 10.0. The maximum atomic E-state index is 13.7. The Bertz CT molecular complexity index is 1310. The minimum atomic E-state index is -1.11. The molecule has 0 radical (unpaired) electrons. The van der Waals surface area contributed by atoms with E-state index in [0.29, 0.717) is 0 Å². The molecule has 0 fully saturated rings. The van der Waals surface area contributed by atoms with Crippen LogP contribution in [0.15, 0.2) is 121 Å². The van der Waals surface area contributed by atoms with Gasteiger partial charge >= 0.3 is 0 Å². The van der Waals surface area contributed by atoms with E-state index >= 15 is 0 Å². The molecule has 0 aliphatic rings. The van der Waals surface area contributed by atoms with Crippen molar-refractivity contribution >= 4 is 11.6 Å². The van der Waals surface area contributed by atoms with E-state index in [4.69, 9.17) is 18.9 Å². The summed E-state index contributed by atoms with van der Waals surface area (Å²) >= 11 is 0. The van der Waals surface area contributed by atoms with E-state index in [1.165, 1.54) is 6.92 Å². The highest BCUT2D eigenvalue weighted by molar-refractivity contribution is 5.87. The van der Waals surface area contributed by atoms with Gasteiger partial charge in [0.2, 0.25) is 0 Å². The fourth-order valence-corrected chi connectivity index (χ4v) is 4.36. The number of Topliss-reactive ketones (excluding diaryl/α,β-unsaturated/α-hetero) is 2. The van der Waals surface area contributed by atoms with Crippen molar-refractivity contribution in [3.63, 3.8) is 0 Å². The summed E-state index contributed by atoms with van der Waals surface area (Å²) in [5.74, 6) is -0.588. The molecule has 4 aromatic rings. The molecular weight excluding hydrogens is 516 g/mol. The fourth-order valence-electron chi connectivity index (χ4n) is 4.36. The van der Waals surface area contributed by atoms with E-state index in [1.807, 2.05) is 121 Å². The van der Waals surface area contributed by atoms with Crippen LogP contribution in [0.2, 0.25) is 0 Å². The first-order valence-corrected chi connectivity index (χ1v) is 13.7. The predicted octanol–water partition coefficient (Wildman–Crippen LogP) is 6.12. The molecule has 0 saturated carbocycles. The second-order valence-electron chi connectivity index (χ2n) is 9.75. The van der Waals surface area contributed by atoms with Gasteiger partial charge in [-0.25, -0.2) is 0 Å². The van der Waals surface area contributed by atoms with Gasteiger partial charge in [0, 0.05) is 0 Å². The predicted molar refractivity (Wildman–Crippen MR) is 157 cm³/mol. The fraction of sp³-hybridized carbons (Fsp3) is 0.257. The smallest absolute Gasteiger partial charge is 0.189 e. The minimum absolute atomic E-state index is 0.157. The zero-order chi connectivity index (χ0) is 28.7. The third kappa shape index (κ3) is 9.88. The zero-order valence-corrected chi connectivity index (χ0v) is 23.3. The summed E-state index contributed by atoms with van der Waals surface area (Å²) in [5.41, 5.74) is 3.64. The van der Waals surface area contributed by atoms with Gasteiger partial charge in [-0.1, -0.05) is 121 Å². The number of ether oxygens (including phenoxy) is 4. The molecule has 212 valence electrons. The Morgan fingerprint density at radius 3 is 1.29 bits per heavy atom. The molecule has 0 aromatic heterocycles. The Balaban J connectivity index is 1.57. The first-order chi connectivity index (χ1) is 20.1. The normalized spacial score (nSPS) is 13.3. The van der Waals surface area contributed by atoms with E-state index in [0.717, 1.165) is 22.3 Å². The summed E-state index contributed by atoms with van der Waals surface area (Å²) in [6.45, 7) is 2.02. The van der Waals surface area contributed by atoms with E-state index < -0.39 is 18.3 Å². The van der Waals surface area contributed by atoms with Crippen LogP contribution in [0.4, 0.5) is 0 Å². The Labute approximate surface area is 241 Å². The summed E-state index contributed by atoms with van der Waals surface area (Å²) in [7, 11) is 0. The number of hydrogen-bond acceptors (Lipinski definition) is 6. The van der Waals surface area contributed by atoms with Gasteiger partial charge in [0.1, 0.15) is 24.9 Å². The molecule has 6 nitrogen and oxygen atoms in total. The van der Waals surface area contributed by atoms with Crippen LogP contribution >= 0.6 is 0 Å². The summed E-state index contributed by atoms with van der Waals surface area (Å²) in [6, 6.07) is 38.4. The van der Waals surface area contributed by atoms with Crippen molar-refractivity contribution in [1.29, 1.82) is 0 Å². The Kier molecular flexibility index (Phi) is 12.0. The topological polar surface area (TPSA) is 71.1 Å². The molecule has 41 heavy (non-hydrogen) atoms. The zero-order valence-electron chi connectivity index (χ0n) is 23.3. The lowest BCUT2D eigenvalue weighted by Crippen LogP contribution is -2.50. The SMILES string of the molecule is CC(=O)[C@H](OCc1ccccc1)[C@@H](OCc1ccccc1)[C@H](OCc1ccccc1)C(=O)COCc1ccccc1. The van der Waals surface area contributed by atoms with Crippen molar-refractivity contribution in [2.24, 2.45) is 0 Å². The quantitative estimate of drug-likeness (QED) is 0.157. The van der Waals surface area contributed by atoms with Crippen LogP contribution in [0.5, 0.6) is 0 Å². The van der Waals surface area contributed by atoms with Gasteiger partial charge in [-0.05, 0) is 29.2 Å². The van der Waals surface area contributed by atoms with Gasteiger partial charge in [0.15, 0.2) is 11.6 Å². The second kappa shape index (κ2) is 16.4. The van der Waals surface area contributed by atoms with Gasteiger partial charge in [-0.2, -0.15) is 0 Å². The number of carbonyl (C=O) groups is 2. The van der Waals surface area contributed by atoms with Gasteiger partial charge in [0.05, 0.1) is 26.4 Å². The van der Waals surface area contributed by atoms with E-state index in [1.54, 1.807) is 0 Å². The number of ketones is 2. The maximum absolute atomic E-state index is 13.7. The van der Waals surface area contributed by atoms with Crippen LogP contribution in [-0.4, -0.2) is 36.5 Å². The lowest BCUT2D eigenvalue weighted by Gasteiger charge is -2.32. The number of benzene rings is 4. The van der Waals surface area contributed by atoms with Crippen LogP contribution in [0, 0.1) is 0 Å². The molecule has 4 aromatic carbocycles. The van der Waals surface area contributed by atoms with Gasteiger partial charge < -0.3 is 18.9 Å². The number of rotatable bonds is 17. The summed E-state index contributed by atoms with van der Waals surface area (Å²) in [4.78, 5) is 26.7. The molecular formula is C35H36O6. The lowest BCUT2D eigenvalue weighted by molar-refractivity contribution is -0.174. The van der Waals surface area contributed by atoms with E-state index in [-0.39, 0.29) is 44.6 Å². The van der Waals surface area contributed by atoms with Crippen LogP contribution in [0.3, 0.4) is 0 Å². The monoisotopic (exact) mass is 552 g/mol. The molecule has 6 heteroatoms. The highest BCUT2D eigenvalue weighted by atomic mass is 16.6. The van der Waals surface area contributed by atoms with Crippen molar-refractivity contribution in [2.75, 3.05) is 6.61 Å². The van der Waals surface area contributed by atoms with Crippen LogP contribution in [-0.2, 0) is 55.0 Å². The molecule has 0 spiro atoms. The van der Waals surface area contributed by atoms with E-state index in [2.05, 4.69) is 0 Å². The first kappa shape index (κ1) is 30.0. The molecule has 4 rings (SSSR count). The standard InChI is InChI=1S/C35H36O6/c1-27(36)33(39-23-29-16-8-3-9-17-29)35(41-25-31-20-12-5-13-21-31)34(40-24-30-18-10-4-11-19-30)32(37)26-38-22-28-14-6-2-7-15-28/h2-21,33-35H,22-26H2,1H3/t33-,34+,35+/m0/s1. The molecule has 3 atom stereocenters. The van der Waals surface area contributed by atoms with Crippen molar-refractivity contribution in [2.45, 2.75) is 51.7 Å². The van der Waals surface area contributed by atoms with Gasteiger partial charge in [-0.15, -0.1) is 0 Å². The van der Waals surface area contributed by atoms with Crippen molar-refractivity contribution in [1.82, 2.24) is 0 Å². The van der Waals surface area contributed by atoms with E-state index in [9.17, 15) is 9.59 Å². The second-order valence-corrected chi connectivity index (χ2v) is 9.75. The molecule has 0 heterocycles. The minimum Gasteiger partial charge on any atom is -0.369 e. The molecule has 0 N–H and O–H groups in total. The molecule has 0 aliphatic heterocycles. The molecule has 0 unspecified atom stereocenters. The van der Waals surface area contributed by atoms with Crippen molar-refractivity contribution in [3.05, 3.63) is 144 Å². The van der Waals surface area contributed by atoms with Crippen molar-refractivity contribution < 1.29 is 28.5 Å². The van der Waals surface area contributed by atoms with Crippen LogP contribution in [0.25, 0.3) is 0 Å². The molecule has 0 amide bonds. The Morgan fingerprint density at radius 1 is 0.512 bits per heavy atom. The molecule has 0 saturated heterocycles. The largest absolute Gasteiger partial charge is 0.369 e. The third-order valence-corrected chi connectivity index (χ3v) is 6.50. The average molecular weight is 553 g/mol. The van der Waals surface area contributed by atoms with Crippen LogP contribution in [0.1, 0.15) is 29.2 Å². The highest BCUT2D eigenvalue weighted by Gasteiger charge is 2.39. The Hall–Kier alpha value is -3.94. The highest BCUT2D eigenvalue weighted by Crippen LogP contribution is 2.21. The third-order valence-electron chi connectivity index (χ3n) is 6.50. The molecule has 0 bridgehead atoms. The summed E-state index contributed by atoms with van der Waals surface area (Å²) in [6.07, 6.45) is -3.16. The van der Waals surface area contributed by atoms with Crippen molar-refractivity contribution in [3.8, 4) is 0 Å². The van der Waals surface area contributed by atoms with Gasteiger partial charge in [-0.3, -0.25) is 9.59 Å². The number of hydrogen-bond donors (Lipinski definition) is 0. The average Bonchev–Trinajstić information content (AvgIpc) is 3.01.